The second-order valence-electron chi connectivity index (χ2n) is 2.87. The summed E-state index contributed by atoms with van der Waals surface area (Å²) in [6.45, 7) is 1.89. The van der Waals surface area contributed by atoms with Crippen LogP contribution in [0.25, 0.3) is 0 Å². The lowest BCUT2D eigenvalue weighted by molar-refractivity contribution is -0.108. The van der Waals surface area contributed by atoms with Gasteiger partial charge in [0.05, 0.1) is 0 Å². The van der Waals surface area contributed by atoms with E-state index in [-0.39, 0.29) is 5.24 Å². The molecule has 0 spiro atoms. The largest absolute Gasteiger partial charge is 0.303 e. The van der Waals surface area contributed by atoms with Gasteiger partial charge < -0.3 is 4.90 Å². The molecule has 0 saturated heterocycles. The van der Waals surface area contributed by atoms with Crippen molar-refractivity contribution in [1.82, 2.24) is 4.90 Å². The highest BCUT2D eigenvalue weighted by atomic mass is 35.5. The van der Waals surface area contributed by atoms with Crippen molar-refractivity contribution in [2.24, 2.45) is 0 Å². The lowest BCUT2D eigenvalue weighted by Gasteiger charge is -2.09. The number of nitrogens with zero attached hydrogens (tertiary/aromatic N) is 1. The van der Waals surface area contributed by atoms with Crippen LogP contribution in [0.3, 0.4) is 0 Å². The summed E-state index contributed by atoms with van der Waals surface area (Å²) >= 11 is 5.35. The van der Waals surface area contributed by atoms with E-state index in [0.29, 0.717) is 0 Å². The van der Waals surface area contributed by atoms with Gasteiger partial charge in [-0.2, -0.15) is 0 Å². The summed E-state index contributed by atoms with van der Waals surface area (Å²) in [4.78, 5) is 12.9. The molecule has 0 aliphatic carbocycles. The molecular weight excluding hydrogens is 162 g/mol. The number of carbonyl (C=O) groups excluding carboxylic acids is 1. The first-order valence-corrected chi connectivity index (χ1v) is 4.15. The van der Waals surface area contributed by atoms with Crippen molar-refractivity contribution < 1.29 is 4.79 Å². The number of allylic oxidation sites excluding steroid dienone is 1. The molecule has 0 fully saturated rings. The number of halogens is 1. The highest BCUT2D eigenvalue weighted by Gasteiger charge is 2.10. The number of hydrogen-bond acceptors (Lipinski definition) is 2. The average molecular weight is 174 g/mol. The minimum Gasteiger partial charge on any atom is -0.303 e. The lowest BCUT2D eigenvalue weighted by Crippen LogP contribution is -2.17. The molecule has 0 radical (unpaired) electrons. The van der Waals surface area contributed by atoms with Crippen molar-refractivity contribution in [3.8, 4) is 0 Å². The minimum absolute atomic E-state index is 0.291. The summed E-state index contributed by atoms with van der Waals surface area (Å²) in [7, 11) is 2.04. The Morgan fingerprint density at radius 1 is 1.73 bits per heavy atom. The zero-order valence-electron chi connectivity index (χ0n) is 6.64. The highest BCUT2D eigenvalue weighted by molar-refractivity contribution is 6.67. The summed E-state index contributed by atoms with van der Waals surface area (Å²) in [5.74, 6) is 0. The standard InChI is InChI=1S/C8H12ClNO/c1-10-5-2-3-7(4-6-10)8(9)11/h4H,2-3,5-6H2,1H3. The SMILES string of the molecule is CN1CC=C(C(=O)Cl)CCC1. The van der Waals surface area contributed by atoms with E-state index in [2.05, 4.69) is 4.90 Å². The second kappa shape index (κ2) is 3.88. The number of rotatable bonds is 1. The summed E-state index contributed by atoms with van der Waals surface area (Å²) in [6.07, 6.45) is 3.77. The molecule has 0 atom stereocenters. The first-order chi connectivity index (χ1) is 5.20. The first-order valence-electron chi connectivity index (χ1n) is 3.77. The van der Waals surface area contributed by atoms with Crippen molar-refractivity contribution in [3.63, 3.8) is 0 Å². The van der Waals surface area contributed by atoms with Crippen molar-refractivity contribution in [2.45, 2.75) is 12.8 Å². The molecule has 0 bridgehead atoms. The van der Waals surface area contributed by atoms with E-state index in [0.717, 1.165) is 31.5 Å². The van der Waals surface area contributed by atoms with Crippen molar-refractivity contribution >= 4 is 16.8 Å². The third kappa shape index (κ3) is 2.64. The van der Waals surface area contributed by atoms with Gasteiger partial charge in [0, 0.05) is 12.1 Å². The van der Waals surface area contributed by atoms with Crippen LogP contribution in [-0.2, 0) is 4.79 Å². The van der Waals surface area contributed by atoms with Gasteiger partial charge in [-0.25, -0.2) is 0 Å². The third-order valence-corrected chi connectivity index (χ3v) is 2.13. The lowest BCUT2D eigenvalue weighted by atomic mass is 10.2. The molecule has 3 heteroatoms. The van der Waals surface area contributed by atoms with E-state index in [1.54, 1.807) is 0 Å². The van der Waals surface area contributed by atoms with Crippen LogP contribution in [0.15, 0.2) is 11.6 Å². The van der Waals surface area contributed by atoms with Crippen molar-refractivity contribution in [2.75, 3.05) is 20.1 Å². The van der Waals surface area contributed by atoms with Crippen molar-refractivity contribution in [3.05, 3.63) is 11.6 Å². The fourth-order valence-corrected chi connectivity index (χ4v) is 1.35. The number of carbonyl (C=O) groups is 1. The minimum atomic E-state index is -0.291. The van der Waals surface area contributed by atoms with Crippen molar-refractivity contribution in [1.29, 1.82) is 0 Å². The Hall–Kier alpha value is -0.340. The van der Waals surface area contributed by atoms with Crippen LogP contribution in [0.5, 0.6) is 0 Å². The molecule has 1 aliphatic heterocycles. The molecule has 0 aromatic heterocycles. The van der Waals surface area contributed by atoms with Gasteiger partial charge in [-0.3, -0.25) is 4.79 Å². The van der Waals surface area contributed by atoms with Crippen LogP contribution in [0.1, 0.15) is 12.8 Å². The normalized spacial score (nSPS) is 20.7. The van der Waals surface area contributed by atoms with Crippen LogP contribution in [0.4, 0.5) is 0 Å². The first kappa shape index (κ1) is 8.75. The Morgan fingerprint density at radius 3 is 3.09 bits per heavy atom. The van der Waals surface area contributed by atoms with Crippen LogP contribution in [-0.4, -0.2) is 30.3 Å². The maximum atomic E-state index is 10.7. The molecule has 0 amide bonds. The maximum Gasteiger partial charge on any atom is 0.248 e. The van der Waals surface area contributed by atoms with Crippen LogP contribution in [0.2, 0.25) is 0 Å². The zero-order valence-corrected chi connectivity index (χ0v) is 7.40. The monoisotopic (exact) mass is 173 g/mol. The number of hydrogen-bond donors (Lipinski definition) is 0. The van der Waals surface area contributed by atoms with Gasteiger partial charge in [-0.15, -0.1) is 0 Å². The summed E-state index contributed by atoms with van der Waals surface area (Å²) in [5, 5.41) is -0.291. The molecule has 2 nitrogen and oxygen atoms in total. The predicted molar refractivity (Wildman–Crippen MR) is 45.7 cm³/mol. The van der Waals surface area contributed by atoms with Crippen LogP contribution in [0, 0.1) is 0 Å². The van der Waals surface area contributed by atoms with Gasteiger partial charge in [0.15, 0.2) is 0 Å². The molecule has 1 heterocycles. The van der Waals surface area contributed by atoms with E-state index < -0.39 is 0 Å². The zero-order chi connectivity index (χ0) is 8.27. The van der Waals surface area contributed by atoms with E-state index in [1.807, 2.05) is 13.1 Å². The topological polar surface area (TPSA) is 20.3 Å². The third-order valence-electron chi connectivity index (χ3n) is 1.89. The Morgan fingerprint density at radius 2 is 2.45 bits per heavy atom. The molecule has 0 saturated carbocycles. The van der Waals surface area contributed by atoms with Crippen LogP contribution >= 0.6 is 11.6 Å². The van der Waals surface area contributed by atoms with Gasteiger partial charge in [0.1, 0.15) is 0 Å². The summed E-state index contributed by atoms with van der Waals surface area (Å²) in [5.41, 5.74) is 0.774. The summed E-state index contributed by atoms with van der Waals surface area (Å²) in [6, 6.07) is 0. The molecule has 0 aromatic carbocycles. The Labute approximate surface area is 71.8 Å². The Kier molecular flexibility index (Phi) is 3.09. The molecule has 62 valence electrons. The molecule has 0 N–H and O–H groups in total. The van der Waals surface area contributed by atoms with E-state index in [4.69, 9.17) is 11.6 Å². The van der Waals surface area contributed by atoms with Gasteiger partial charge in [0.25, 0.3) is 0 Å². The molecule has 1 rings (SSSR count). The van der Waals surface area contributed by atoms with Gasteiger partial charge in [0.2, 0.25) is 5.24 Å². The van der Waals surface area contributed by atoms with E-state index in [1.165, 1.54) is 0 Å². The molecule has 1 aliphatic rings. The fraction of sp³-hybridized carbons (Fsp3) is 0.625. The molecule has 0 aromatic rings. The fourth-order valence-electron chi connectivity index (χ4n) is 1.18. The quantitative estimate of drug-likeness (QED) is 0.559. The van der Waals surface area contributed by atoms with Gasteiger partial charge in [-0.1, -0.05) is 6.08 Å². The molecule has 0 unspecified atom stereocenters. The highest BCUT2D eigenvalue weighted by Crippen LogP contribution is 2.12. The van der Waals surface area contributed by atoms with E-state index in [9.17, 15) is 4.79 Å². The molecule has 11 heavy (non-hydrogen) atoms. The van der Waals surface area contributed by atoms with E-state index >= 15 is 0 Å². The second-order valence-corrected chi connectivity index (χ2v) is 3.21. The smallest absolute Gasteiger partial charge is 0.248 e. The Bertz CT molecular complexity index is 189. The number of likely N-dealkylation sites (N-methyl/N-ethyl adjacent to an activating group) is 1. The van der Waals surface area contributed by atoms with Gasteiger partial charge in [-0.05, 0) is 38.0 Å². The molecular formula is C8H12ClNO. The van der Waals surface area contributed by atoms with Crippen LogP contribution < -0.4 is 0 Å². The average Bonchev–Trinajstić information content (AvgIpc) is 2.13. The van der Waals surface area contributed by atoms with Gasteiger partial charge >= 0.3 is 0 Å². The predicted octanol–water partition coefficient (Wildman–Crippen LogP) is 1.40. The summed E-state index contributed by atoms with van der Waals surface area (Å²) < 4.78 is 0. The maximum absolute atomic E-state index is 10.7. The Balaban J connectivity index is 2.58.